The van der Waals surface area contributed by atoms with Gasteiger partial charge in [-0.05, 0) is 26.0 Å². The Balaban J connectivity index is 1.95. The van der Waals surface area contributed by atoms with Crippen LogP contribution in [0.1, 0.15) is 13.8 Å². The van der Waals surface area contributed by atoms with Gasteiger partial charge in [0.25, 0.3) is 5.69 Å². The first kappa shape index (κ1) is 15.8. The summed E-state index contributed by atoms with van der Waals surface area (Å²) in [7, 11) is 0. The first-order chi connectivity index (χ1) is 9.97. The molecule has 0 N–H and O–H groups in total. The number of non-ortho nitro benzene ring substituents is 1. The van der Waals surface area contributed by atoms with Crippen LogP contribution in [0.2, 0.25) is 0 Å². The van der Waals surface area contributed by atoms with Gasteiger partial charge in [-0.25, -0.2) is 0 Å². The quantitative estimate of drug-likeness (QED) is 0.485. The predicted molar refractivity (Wildman–Crippen MR) is 80.4 cm³/mol. The second-order valence-corrected chi connectivity index (χ2v) is 6.39. The third-order valence-electron chi connectivity index (χ3n) is 3.26. The lowest BCUT2D eigenvalue weighted by atomic mass is 10.3. The number of hydrogen-bond acceptors (Lipinski definition) is 5. The molecular formula is C14H18N2O4S. The van der Waals surface area contributed by atoms with E-state index >= 15 is 0 Å². The Morgan fingerprint density at radius 3 is 2.71 bits per heavy atom. The Morgan fingerprint density at radius 1 is 1.48 bits per heavy atom. The van der Waals surface area contributed by atoms with Gasteiger partial charge in [0.05, 0.1) is 22.9 Å². The van der Waals surface area contributed by atoms with E-state index in [9.17, 15) is 14.9 Å². The number of benzene rings is 1. The van der Waals surface area contributed by atoms with Gasteiger partial charge in [-0.1, -0.05) is 0 Å². The summed E-state index contributed by atoms with van der Waals surface area (Å²) in [6.07, 6.45) is 0.0688. The van der Waals surface area contributed by atoms with Crippen molar-refractivity contribution in [3.8, 4) is 0 Å². The van der Waals surface area contributed by atoms with E-state index in [1.54, 1.807) is 12.1 Å². The first-order valence-electron chi connectivity index (χ1n) is 6.79. The largest absolute Gasteiger partial charge is 0.375 e. The summed E-state index contributed by atoms with van der Waals surface area (Å²) in [6.45, 7) is 5.61. The van der Waals surface area contributed by atoms with Gasteiger partial charge in [-0.3, -0.25) is 14.9 Å². The molecule has 1 fully saturated rings. The van der Waals surface area contributed by atoms with Crippen molar-refractivity contribution in [3.63, 3.8) is 0 Å². The third kappa shape index (κ3) is 4.18. The fourth-order valence-electron chi connectivity index (χ4n) is 2.18. The third-order valence-corrected chi connectivity index (χ3v) is 4.36. The molecule has 0 spiro atoms. The average Bonchev–Trinajstić information content (AvgIpc) is 2.47. The van der Waals surface area contributed by atoms with Gasteiger partial charge >= 0.3 is 0 Å². The highest BCUT2D eigenvalue weighted by molar-refractivity contribution is 8.00. The molecule has 114 valence electrons. The minimum absolute atomic E-state index is 0.0559. The Bertz CT molecular complexity index is 520. The van der Waals surface area contributed by atoms with Crippen molar-refractivity contribution >= 4 is 23.4 Å². The minimum Gasteiger partial charge on any atom is -0.375 e. The number of nitrogens with zero attached hydrogens (tertiary/aromatic N) is 2. The molecule has 1 aliphatic rings. The zero-order valence-electron chi connectivity index (χ0n) is 12.0. The van der Waals surface area contributed by atoms with Crippen LogP contribution in [0.5, 0.6) is 0 Å². The zero-order valence-corrected chi connectivity index (χ0v) is 12.8. The smallest absolute Gasteiger partial charge is 0.269 e. The van der Waals surface area contributed by atoms with Crippen LogP contribution < -0.4 is 0 Å². The second-order valence-electron chi connectivity index (χ2n) is 4.98. The molecule has 1 aromatic rings. The molecule has 21 heavy (non-hydrogen) atoms. The molecule has 0 aliphatic carbocycles. The van der Waals surface area contributed by atoms with Gasteiger partial charge in [-0.2, -0.15) is 0 Å². The highest BCUT2D eigenvalue weighted by Crippen LogP contribution is 2.26. The molecule has 1 saturated heterocycles. The minimum atomic E-state index is -0.432. The molecule has 1 heterocycles. The molecule has 6 nitrogen and oxygen atoms in total. The van der Waals surface area contributed by atoms with E-state index in [2.05, 4.69) is 0 Å². The molecule has 1 aliphatic heterocycles. The first-order valence-corrected chi connectivity index (χ1v) is 7.67. The van der Waals surface area contributed by atoms with Crippen molar-refractivity contribution in [2.24, 2.45) is 0 Å². The van der Waals surface area contributed by atoms with E-state index in [0.29, 0.717) is 19.7 Å². The van der Waals surface area contributed by atoms with Crippen LogP contribution in [0.4, 0.5) is 5.69 Å². The Kier molecular flexibility index (Phi) is 5.19. The summed E-state index contributed by atoms with van der Waals surface area (Å²) in [5.41, 5.74) is 0.0559. The van der Waals surface area contributed by atoms with Crippen molar-refractivity contribution in [1.82, 2.24) is 4.90 Å². The maximum absolute atomic E-state index is 12.4. The van der Waals surface area contributed by atoms with E-state index < -0.39 is 4.92 Å². The fraction of sp³-hybridized carbons (Fsp3) is 0.500. The van der Waals surface area contributed by atoms with Crippen LogP contribution in [0.25, 0.3) is 0 Å². The SMILES string of the molecule is CC1CN(C(=O)C(C)Sc2ccc([N+](=O)[O-])cc2)CCO1. The van der Waals surface area contributed by atoms with Gasteiger partial charge < -0.3 is 9.64 Å². The summed E-state index contributed by atoms with van der Waals surface area (Å²) < 4.78 is 5.43. The second kappa shape index (κ2) is 6.91. The van der Waals surface area contributed by atoms with Crippen molar-refractivity contribution < 1.29 is 14.5 Å². The van der Waals surface area contributed by atoms with Crippen LogP contribution in [0, 0.1) is 10.1 Å². The molecule has 1 amide bonds. The average molecular weight is 310 g/mol. The molecule has 2 unspecified atom stereocenters. The maximum Gasteiger partial charge on any atom is 0.269 e. The van der Waals surface area contributed by atoms with E-state index in [-0.39, 0.29) is 22.9 Å². The molecule has 2 atom stereocenters. The van der Waals surface area contributed by atoms with Crippen molar-refractivity contribution in [3.05, 3.63) is 34.4 Å². The monoisotopic (exact) mass is 310 g/mol. The van der Waals surface area contributed by atoms with Gasteiger partial charge in [0.1, 0.15) is 0 Å². The summed E-state index contributed by atoms with van der Waals surface area (Å²) in [4.78, 5) is 25.2. The highest BCUT2D eigenvalue weighted by atomic mass is 32.2. The maximum atomic E-state index is 12.4. The standard InChI is InChI=1S/C14H18N2O4S/c1-10-9-15(7-8-20-10)14(17)11(2)21-13-5-3-12(4-6-13)16(18)19/h3-6,10-11H,7-9H2,1-2H3. The lowest BCUT2D eigenvalue weighted by Crippen LogP contribution is -2.47. The number of amides is 1. The van der Waals surface area contributed by atoms with E-state index in [4.69, 9.17) is 4.74 Å². The van der Waals surface area contributed by atoms with Crippen LogP contribution in [-0.4, -0.2) is 46.8 Å². The molecule has 0 radical (unpaired) electrons. The summed E-state index contributed by atoms with van der Waals surface area (Å²) in [5, 5.41) is 10.4. The van der Waals surface area contributed by atoms with E-state index in [0.717, 1.165) is 4.90 Å². The van der Waals surface area contributed by atoms with Crippen molar-refractivity contribution in [1.29, 1.82) is 0 Å². The van der Waals surface area contributed by atoms with Gasteiger partial charge in [-0.15, -0.1) is 11.8 Å². The molecule has 7 heteroatoms. The molecule has 2 rings (SSSR count). The number of nitro benzene ring substituents is 1. The Hall–Kier alpha value is -1.60. The number of nitro groups is 1. The van der Waals surface area contributed by atoms with Crippen LogP contribution in [0.3, 0.4) is 0 Å². The lowest BCUT2D eigenvalue weighted by Gasteiger charge is -2.32. The van der Waals surface area contributed by atoms with Gasteiger partial charge in [0.15, 0.2) is 0 Å². The van der Waals surface area contributed by atoms with Gasteiger partial charge in [0, 0.05) is 30.1 Å². The van der Waals surface area contributed by atoms with Crippen LogP contribution >= 0.6 is 11.8 Å². The summed E-state index contributed by atoms with van der Waals surface area (Å²) in [5.74, 6) is 0.0773. The number of hydrogen-bond donors (Lipinski definition) is 0. The van der Waals surface area contributed by atoms with E-state index in [1.165, 1.54) is 23.9 Å². The lowest BCUT2D eigenvalue weighted by molar-refractivity contribution is -0.384. The molecule has 0 aromatic heterocycles. The molecule has 1 aromatic carbocycles. The highest BCUT2D eigenvalue weighted by Gasteiger charge is 2.25. The predicted octanol–water partition coefficient (Wildman–Crippen LogP) is 2.32. The zero-order chi connectivity index (χ0) is 15.4. The molecule has 0 bridgehead atoms. The van der Waals surface area contributed by atoms with Crippen LogP contribution in [-0.2, 0) is 9.53 Å². The summed E-state index contributed by atoms with van der Waals surface area (Å²) in [6, 6.07) is 6.26. The molecule has 0 saturated carbocycles. The van der Waals surface area contributed by atoms with Crippen LogP contribution in [0.15, 0.2) is 29.2 Å². The Morgan fingerprint density at radius 2 is 2.14 bits per heavy atom. The van der Waals surface area contributed by atoms with Crippen molar-refractivity contribution in [2.75, 3.05) is 19.7 Å². The van der Waals surface area contributed by atoms with Crippen molar-refractivity contribution in [2.45, 2.75) is 30.1 Å². The van der Waals surface area contributed by atoms with E-state index in [1.807, 2.05) is 18.7 Å². The normalized spacial score (nSPS) is 20.1. The number of carbonyl (C=O) groups excluding carboxylic acids is 1. The fourth-order valence-corrected chi connectivity index (χ4v) is 3.13. The molecular weight excluding hydrogens is 292 g/mol. The number of carbonyl (C=O) groups is 1. The number of morpholine rings is 1. The number of rotatable bonds is 4. The number of thioether (sulfide) groups is 1. The topological polar surface area (TPSA) is 72.7 Å². The number of ether oxygens (including phenoxy) is 1. The Labute approximate surface area is 127 Å². The summed E-state index contributed by atoms with van der Waals surface area (Å²) >= 11 is 1.41. The van der Waals surface area contributed by atoms with Gasteiger partial charge in [0.2, 0.25) is 5.91 Å².